The Morgan fingerprint density at radius 3 is 2.76 bits per heavy atom. The molecule has 0 aromatic carbocycles. The summed E-state index contributed by atoms with van der Waals surface area (Å²) < 4.78 is 5.42. The number of carbonyl (C=O) groups excluding carboxylic acids is 2. The topological polar surface area (TPSA) is 70.7 Å². The molecule has 118 valence electrons. The first-order valence-corrected chi connectivity index (χ1v) is 8.01. The molecule has 3 rings (SSSR count). The van der Waals surface area contributed by atoms with Crippen molar-refractivity contribution in [3.8, 4) is 0 Å². The third-order valence-electron chi connectivity index (χ3n) is 4.76. The molecular weight excluding hydrogens is 270 g/mol. The Kier molecular flexibility index (Phi) is 4.17. The van der Waals surface area contributed by atoms with Gasteiger partial charge in [-0.15, -0.1) is 0 Å². The highest BCUT2D eigenvalue weighted by Crippen LogP contribution is 2.34. The van der Waals surface area contributed by atoms with Crippen molar-refractivity contribution < 1.29 is 14.3 Å². The van der Waals surface area contributed by atoms with Gasteiger partial charge in [0.05, 0.1) is 19.1 Å². The van der Waals surface area contributed by atoms with Crippen LogP contribution in [0, 0.1) is 5.92 Å². The Labute approximate surface area is 125 Å². The number of fused-ring (bicyclic) bond motifs is 2. The van der Waals surface area contributed by atoms with Gasteiger partial charge in [-0.2, -0.15) is 0 Å². The summed E-state index contributed by atoms with van der Waals surface area (Å²) in [5.74, 6) is 0.0623. The zero-order valence-electron chi connectivity index (χ0n) is 12.8. The molecule has 4 atom stereocenters. The van der Waals surface area contributed by atoms with Crippen molar-refractivity contribution >= 4 is 11.8 Å². The van der Waals surface area contributed by atoms with Crippen LogP contribution in [0.4, 0.5) is 0 Å². The first-order chi connectivity index (χ1) is 10.1. The molecule has 0 aromatic rings. The zero-order valence-corrected chi connectivity index (χ0v) is 12.8. The second-order valence-electron chi connectivity index (χ2n) is 6.68. The maximum atomic E-state index is 12.8. The Balaban J connectivity index is 1.69. The Bertz CT molecular complexity index is 426. The van der Waals surface area contributed by atoms with E-state index in [0.717, 1.165) is 12.8 Å². The van der Waals surface area contributed by atoms with E-state index in [1.165, 1.54) is 6.42 Å². The van der Waals surface area contributed by atoms with Crippen LogP contribution in [0.25, 0.3) is 0 Å². The lowest BCUT2D eigenvalue weighted by atomic mass is 9.87. The lowest BCUT2D eigenvalue weighted by Crippen LogP contribution is -2.58. The third-order valence-corrected chi connectivity index (χ3v) is 4.76. The number of ether oxygens (including phenoxy) is 1. The summed E-state index contributed by atoms with van der Waals surface area (Å²) in [5, 5.41) is 6.39. The van der Waals surface area contributed by atoms with E-state index < -0.39 is 6.04 Å². The monoisotopic (exact) mass is 295 g/mol. The molecule has 6 heteroatoms. The van der Waals surface area contributed by atoms with Crippen LogP contribution < -0.4 is 10.6 Å². The van der Waals surface area contributed by atoms with E-state index in [0.29, 0.717) is 31.8 Å². The SMILES string of the molecule is CC(C)NC(=O)C1COCCN1C(=O)C1CC2CCC1N2. The second kappa shape index (κ2) is 5.93. The van der Waals surface area contributed by atoms with E-state index >= 15 is 0 Å². The van der Waals surface area contributed by atoms with Crippen molar-refractivity contribution in [1.82, 2.24) is 15.5 Å². The van der Waals surface area contributed by atoms with E-state index in [1.807, 2.05) is 13.8 Å². The molecular formula is C15H25N3O3. The molecule has 21 heavy (non-hydrogen) atoms. The molecule has 0 aromatic heterocycles. The molecule has 2 bridgehead atoms. The number of carbonyl (C=O) groups is 2. The van der Waals surface area contributed by atoms with Gasteiger partial charge in [0.2, 0.25) is 11.8 Å². The highest BCUT2D eigenvalue weighted by Gasteiger charge is 2.46. The van der Waals surface area contributed by atoms with Crippen molar-refractivity contribution in [2.75, 3.05) is 19.8 Å². The Hall–Kier alpha value is -1.14. The van der Waals surface area contributed by atoms with E-state index in [-0.39, 0.29) is 23.8 Å². The predicted octanol–water partition coefficient (Wildman–Crippen LogP) is -0.121. The number of rotatable bonds is 3. The molecule has 2 N–H and O–H groups in total. The number of nitrogens with zero attached hydrogens (tertiary/aromatic N) is 1. The van der Waals surface area contributed by atoms with Crippen molar-refractivity contribution in [3.05, 3.63) is 0 Å². The summed E-state index contributed by atoms with van der Waals surface area (Å²) in [6.45, 7) is 5.19. The van der Waals surface area contributed by atoms with Gasteiger partial charge in [-0.05, 0) is 33.1 Å². The first-order valence-electron chi connectivity index (χ1n) is 8.01. The molecule has 0 radical (unpaired) electrons. The Morgan fingerprint density at radius 2 is 2.14 bits per heavy atom. The van der Waals surface area contributed by atoms with E-state index in [1.54, 1.807) is 4.90 Å². The summed E-state index contributed by atoms with van der Waals surface area (Å²) in [5.41, 5.74) is 0. The number of hydrogen-bond donors (Lipinski definition) is 2. The molecule has 3 aliphatic heterocycles. The van der Waals surface area contributed by atoms with Gasteiger partial charge in [-0.25, -0.2) is 0 Å². The molecule has 0 saturated carbocycles. The molecule has 2 amide bonds. The van der Waals surface area contributed by atoms with Gasteiger partial charge in [0, 0.05) is 24.7 Å². The van der Waals surface area contributed by atoms with Crippen molar-refractivity contribution in [2.45, 2.75) is 57.3 Å². The minimum absolute atomic E-state index is 0.0381. The summed E-state index contributed by atoms with van der Waals surface area (Å²) in [6, 6.07) is 0.389. The molecule has 3 heterocycles. The molecule has 6 nitrogen and oxygen atoms in total. The summed E-state index contributed by atoms with van der Waals surface area (Å²) >= 11 is 0. The number of hydrogen-bond acceptors (Lipinski definition) is 4. The summed E-state index contributed by atoms with van der Waals surface area (Å²) in [6.07, 6.45) is 3.17. The number of morpholine rings is 1. The molecule has 4 unspecified atom stereocenters. The fourth-order valence-electron chi connectivity index (χ4n) is 3.78. The smallest absolute Gasteiger partial charge is 0.245 e. The molecule has 0 spiro atoms. The zero-order chi connectivity index (χ0) is 15.0. The maximum absolute atomic E-state index is 12.8. The second-order valence-corrected chi connectivity index (χ2v) is 6.68. The van der Waals surface area contributed by atoms with Crippen LogP contribution in [0.1, 0.15) is 33.1 Å². The van der Waals surface area contributed by atoms with Crippen molar-refractivity contribution in [2.24, 2.45) is 5.92 Å². The lowest BCUT2D eigenvalue weighted by Gasteiger charge is -2.37. The van der Waals surface area contributed by atoms with Crippen LogP contribution in [-0.4, -0.2) is 60.6 Å². The van der Waals surface area contributed by atoms with Gasteiger partial charge in [0.25, 0.3) is 0 Å². The molecule has 0 aliphatic carbocycles. The molecule has 3 fully saturated rings. The van der Waals surface area contributed by atoms with Gasteiger partial charge in [-0.3, -0.25) is 9.59 Å². The van der Waals surface area contributed by atoms with Crippen LogP contribution in [-0.2, 0) is 14.3 Å². The number of nitrogens with one attached hydrogen (secondary N) is 2. The van der Waals surface area contributed by atoms with Gasteiger partial charge < -0.3 is 20.3 Å². The fourth-order valence-corrected chi connectivity index (χ4v) is 3.78. The van der Waals surface area contributed by atoms with Crippen LogP contribution in [0.3, 0.4) is 0 Å². The van der Waals surface area contributed by atoms with Gasteiger partial charge in [-0.1, -0.05) is 0 Å². The number of amides is 2. The fraction of sp³-hybridized carbons (Fsp3) is 0.867. The van der Waals surface area contributed by atoms with Crippen LogP contribution in [0.15, 0.2) is 0 Å². The average molecular weight is 295 g/mol. The summed E-state index contributed by atoms with van der Waals surface area (Å²) in [7, 11) is 0. The van der Waals surface area contributed by atoms with Gasteiger partial charge >= 0.3 is 0 Å². The van der Waals surface area contributed by atoms with Crippen LogP contribution in [0.5, 0.6) is 0 Å². The van der Waals surface area contributed by atoms with E-state index in [9.17, 15) is 9.59 Å². The highest BCUT2D eigenvalue weighted by molar-refractivity contribution is 5.89. The highest BCUT2D eigenvalue weighted by atomic mass is 16.5. The molecule has 3 saturated heterocycles. The van der Waals surface area contributed by atoms with Crippen LogP contribution >= 0.6 is 0 Å². The van der Waals surface area contributed by atoms with Crippen molar-refractivity contribution in [3.63, 3.8) is 0 Å². The quantitative estimate of drug-likeness (QED) is 0.761. The largest absolute Gasteiger partial charge is 0.377 e. The summed E-state index contributed by atoms with van der Waals surface area (Å²) in [4.78, 5) is 26.9. The van der Waals surface area contributed by atoms with Crippen molar-refractivity contribution in [1.29, 1.82) is 0 Å². The normalized spacial score (nSPS) is 35.3. The molecule has 3 aliphatic rings. The standard InChI is InChI=1S/C15H25N3O3/c1-9(2)16-14(19)13-8-21-6-5-18(13)15(20)11-7-10-3-4-12(11)17-10/h9-13,17H,3-8H2,1-2H3,(H,16,19). The van der Waals surface area contributed by atoms with Gasteiger partial charge in [0.15, 0.2) is 0 Å². The predicted molar refractivity (Wildman–Crippen MR) is 77.7 cm³/mol. The van der Waals surface area contributed by atoms with Gasteiger partial charge in [0.1, 0.15) is 6.04 Å². The van der Waals surface area contributed by atoms with E-state index in [4.69, 9.17) is 4.74 Å². The lowest BCUT2D eigenvalue weighted by molar-refractivity contribution is -0.152. The Morgan fingerprint density at radius 1 is 1.33 bits per heavy atom. The maximum Gasteiger partial charge on any atom is 0.245 e. The first kappa shape index (κ1) is 14.8. The third kappa shape index (κ3) is 2.92. The minimum Gasteiger partial charge on any atom is -0.377 e. The van der Waals surface area contributed by atoms with Crippen LogP contribution in [0.2, 0.25) is 0 Å². The minimum atomic E-state index is -0.479. The average Bonchev–Trinajstić information content (AvgIpc) is 3.08. The van der Waals surface area contributed by atoms with E-state index in [2.05, 4.69) is 10.6 Å².